The lowest BCUT2D eigenvalue weighted by Gasteiger charge is -2.27. The number of hydrogen-bond acceptors (Lipinski definition) is 2. The molecule has 2 heteroatoms. The van der Waals surface area contributed by atoms with Crippen LogP contribution in [0.5, 0.6) is 0 Å². The van der Waals surface area contributed by atoms with Crippen LogP contribution in [0.25, 0.3) is 0 Å². The molecule has 2 rings (SSSR count). The minimum Gasteiger partial charge on any atom is -0.399 e. The summed E-state index contributed by atoms with van der Waals surface area (Å²) in [6, 6.07) is 8.24. The Labute approximate surface area is 91.1 Å². The minimum atomic E-state index is 0.356. The van der Waals surface area contributed by atoms with Crippen molar-refractivity contribution >= 4 is 5.69 Å². The van der Waals surface area contributed by atoms with Gasteiger partial charge in [-0.3, -0.25) is 0 Å². The second kappa shape index (κ2) is 4.67. The van der Waals surface area contributed by atoms with Crippen molar-refractivity contribution in [1.29, 1.82) is 0 Å². The second-order valence-corrected chi connectivity index (χ2v) is 4.57. The van der Waals surface area contributed by atoms with Gasteiger partial charge in [-0.15, -0.1) is 0 Å². The maximum Gasteiger partial charge on any atom is 0.0459 e. The van der Waals surface area contributed by atoms with Crippen molar-refractivity contribution < 1.29 is 5.11 Å². The molecule has 1 saturated carbocycles. The van der Waals surface area contributed by atoms with Gasteiger partial charge in [-0.05, 0) is 55.2 Å². The van der Waals surface area contributed by atoms with Gasteiger partial charge in [-0.25, -0.2) is 0 Å². The Morgan fingerprint density at radius 1 is 1.07 bits per heavy atom. The molecule has 2 nitrogen and oxygen atoms in total. The molecule has 1 aromatic carbocycles. The fourth-order valence-corrected chi connectivity index (χ4v) is 2.45. The normalized spacial score (nSPS) is 26.5. The molecule has 3 N–H and O–H groups in total. The van der Waals surface area contributed by atoms with Crippen LogP contribution in [0.15, 0.2) is 24.3 Å². The molecule has 15 heavy (non-hydrogen) atoms. The molecule has 0 aromatic heterocycles. The number of nitrogen functional groups attached to an aromatic ring is 1. The molecule has 0 atom stereocenters. The lowest BCUT2D eigenvalue weighted by molar-refractivity contribution is 0.182. The van der Waals surface area contributed by atoms with E-state index < -0.39 is 0 Å². The summed E-state index contributed by atoms with van der Waals surface area (Å²) in [4.78, 5) is 0. The third-order valence-corrected chi connectivity index (χ3v) is 3.51. The fourth-order valence-electron chi connectivity index (χ4n) is 2.45. The molecule has 1 aromatic rings. The van der Waals surface area contributed by atoms with Crippen molar-refractivity contribution in [1.82, 2.24) is 0 Å². The molecule has 0 bridgehead atoms. The Balaban J connectivity index is 1.98. The van der Waals surface area contributed by atoms with E-state index in [2.05, 4.69) is 12.1 Å². The van der Waals surface area contributed by atoms with Gasteiger partial charge in [0.15, 0.2) is 0 Å². The van der Waals surface area contributed by atoms with E-state index in [0.717, 1.165) is 18.5 Å². The van der Waals surface area contributed by atoms with Crippen LogP contribution in [-0.2, 0) is 0 Å². The van der Waals surface area contributed by atoms with Crippen molar-refractivity contribution in [2.45, 2.75) is 31.6 Å². The number of hydrogen-bond donors (Lipinski definition) is 2. The Hall–Kier alpha value is -1.02. The van der Waals surface area contributed by atoms with Gasteiger partial charge in [0.25, 0.3) is 0 Å². The van der Waals surface area contributed by atoms with Gasteiger partial charge in [0.05, 0.1) is 0 Å². The largest absolute Gasteiger partial charge is 0.399 e. The van der Waals surface area contributed by atoms with E-state index in [0.29, 0.717) is 18.4 Å². The van der Waals surface area contributed by atoms with Crippen LogP contribution < -0.4 is 5.73 Å². The van der Waals surface area contributed by atoms with Crippen LogP contribution in [0, 0.1) is 5.92 Å². The molecule has 0 radical (unpaired) electrons. The highest BCUT2D eigenvalue weighted by Gasteiger charge is 2.21. The van der Waals surface area contributed by atoms with Gasteiger partial charge in [0.2, 0.25) is 0 Å². The van der Waals surface area contributed by atoms with Crippen LogP contribution in [0.1, 0.15) is 37.2 Å². The average Bonchev–Trinajstić information content (AvgIpc) is 2.30. The topological polar surface area (TPSA) is 46.2 Å². The highest BCUT2D eigenvalue weighted by atomic mass is 16.3. The third-order valence-electron chi connectivity index (χ3n) is 3.51. The van der Waals surface area contributed by atoms with Gasteiger partial charge >= 0.3 is 0 Å². The number of aliphatic hydroxyl groups excluding tert-OH is 1. The maximum atomic E-state index is 9.07. The molecule has 0 aliphatic heterocycles. The van der Waals surface area contributed by atoms with Gasteiger partial charge in [0, 0.05) is 12.3 Å². The van der Waals surface area contributed by atoms with E-state index >= 15 is 0 Å². The molecule has 1 fully saturated rings. The Morgan fingerprint density at radius 2 is 1.67 bits per heavy atom. The van der Waals surface area contributed by atoms with Crippen molar-refractivity contribution in [3.63, 3.8) is 0 Å². The zero-order chi connectivity index (χ0) is 10.7. The predicted molar refractivity (Wildman–Crippen MR) is 62.6 cm³/mol. The molecule has 0 saturated heterocycles. The third kappa shape index (κ3) is 2.51. The minimum absolute atomic E-state index is 0.356. The molecule has 0 heterocycles. The summed E-state index contributed by atoms with van der Waals surface area (Å²) in [7, 11) is 0. The molecular weight excluding hydrogens is 186 g/mol. The Kier molecular flexibility index (Phi) is 3.27. The summed E-state index contributed by atoms with van der Waals surface area (Å²) in [6.45, 7) is 0.356. The average molecular weight is 205 g/mol. The first-order valence-electron chi connectivity index (χ1n) is 5.76. The summed E-state index contributed by atoms with van der Waals surface area (Å²) in [5.74, 6) is 1.21. The molecule has 82 valence electrons. The van der Waals surface area contributed by atoms with Gasteiger partial charge < -0.3 is 10.8 Å². The Bertz CT molecular complexity index is 299. The fraction of sp³-hybridized carbons (Fsp3) is 0.538. The van der Waals surface area contributed by atoms with Crippen molar-refractivity contribution in [3.05, 3.63) is 29.8 Å². The molecule has 1 aliphatic carbocycles. The molecule has 1 aliphatic rings. The number of nitrogens with two attached hydrogens (primary N) is 1. The van der Waals surface area contributed by atoms with E-state index in [4.69, 9.17) is 10.8 Å². The first-order valence-corrected chi connectivity index (χ1v) is 5.76. The molecular formula is C13H19NO. The molecule has 0 unspecified atom stereocenters. The summed E-state index contributed by atoms with van der Waals surface area (Å²) < 4.78 is 0. The zero-order valence-corrected chi connectivity index (χ0v) is 9.02. The van der Waals surface area contributed by atoms with Crippen molar-refractivity contribution in [2.24, 2.45) is 5.92 Å². The SMILES string of the molecule is Nc1ccc(C2CCC(CO)CC2)cc1. The number of aliphatic hydroxyl groups is 1. The summed E-state index contributed by atoms with van der Waals surface area (Å²) in [6.07, 6.45) is 4.72. The summed E-state index contributed by atoms with van der Waals surface area (Å²) >= 11 is 0. The summed E-state index contributed by atoms with van der Waals surface area (Å²) in [5, 5.41) is 9.07. The van der Waals surface area contributed by atoms with E-state index in [9.17, 15) is 0 Å². The van der Waals surface area contributed by atoms with Gasteiger partial charge in [0.1, 0.15) is 0 Å². The van der Waals surface area contributed by atoms with Crippen LogP contribution >= 0.6 is 0 Å². The number of benzene rings is 1. The lowest BCUT2D eigenvalue weighted by atomic mass is 9.79. The predicted octanol–water partition coefficient (Wildman–Crippen LogP) is 2.53. The molecule has 0 amide bonds. The first kappa shape index (κ1) is 10.5. The van der Waals surface area contributed by atoms with Crippen LogP contribution in [0.2, 0.25) is 0 Å². The van der Waals surface area contributed by atoms with Crippen molar-refractivity contribution in [3.8, 4) is 0 Å². The quantitative estimate of drug-likeness (QED) is 0.729. The van der Waals surface area contributed by atoms with E-state index in [-0.39, 0.29) is 0 Å². The van der Waals surface area contributed by atoms with Crippen LogP contribution in [0.4, 0.5) is 5.69 Å². The summed E-state index contributed by atoms with van der Waals surface area (Å²) in [5.41, 5.74) is 7.91. The number of rotatable bonds is 2. The highest BCUT2D eigenvalue weighted by Crippen LogP contribution is 2.35. The van der Waals surface area contributed by atoms with Gasteiger partial charge in [-0.2, -0.15) is 0 Å². The smallest absolute Gasteiger partial charge is 0.0459 e. The number of anilines is 1. The first-order chi connectivity index (χ1) is 7.29. The molecule has 0 spiro atoms. The standard InChI is InChI=1S/C13H19NO/c14-13-7-5-12(6-8-13)11-3-1-10(9-15)2-4-11/h5-8,10-11,15H,1-4,9,14H2. The van der Waals surface area contributed by atoms with E-state index in [1.165, 1.54) is 18.4 Å². The monoisotopic (exact) mass is 205 g/mol. The van der Waals surface area contributed by atoms with E-state index in [1.54, 1.807) is 0 Å². The lowest BCUT2D eigenvalue weighted by Crippen LogP contribution is -2.16. The second-order valence-electron chi connectivity index (χ2n) is 4.57. The van der Waals surface area contributed by atoms with E-state index in [1.807, 2.05) is 12.1 Å². The van der Waals surface area contributed by atoms with Crippen molar-refractivity contribution in [2.75, 3.05) is 12.3 Å². The van der Waals surface area contributed by atoms with Gasteiger partial charge in [-0.1, -0.05) is 12.1 Å². The van der Waals surface area contributed by atoms with Crippen LogP contribution in [-0.4, -0.2) is 11.7 Å². The zero-order valence-electron chi connectivity index (χ0n) is 9.02. The highest BCUT2D eigenvalue weighted by molar-refractivity contribution is 5.40. The maximum absolute atomic E-state index is 9.07. The Morgan fingerprint density at radius 3 is 2.20 bits per heavy atom. The van der Waals surface area contributed by atoms with Crippen LogP contribution in [0.3, 0.4) is 0 Å².